The van der Waals surface area contributed by atoms with E-state index < -0.39 is 0 Å². The van der Waals surface area contributed by atoms with Crippen LogP contribution in [0.1, 0.15) is 11.1 Å². The van der Waals surface area contributed by atoms with Gasteiger partial charge in [-0.3, -0.25) is 0 Å². The number of rotatable bonds is 7. The molecule has 1 N–H and O–H groups in total. The second kappa shape index (κ2) is 8.04. The summed E-state index contributed by atoms with van der Waals surface area (Å²) in [6, 6.07) is 21.3. The van der Waals surface area contributed by atoms with Gasteiger partial charge in [0.05, 0.1) is 27.8 Å². The fraction of sp³-hybridized carbons (Fsp3) is 0.273. The molecule has 3 aromatic carbocycles. The van der Waals surface area contributed by atoms with Crippen molar-refractivity contribution in [3.05, 3.63) is 71.8 Å². The first-order valence-electron chi connectivity index (χ1n) is 8.70. The van der Waals surface area contributed by atoms with Crippen LogP contribution < -0.4 is 14.4 Å². The monoisotopic (exact) mass is 336 g/mol. The van der Waals surface area contributed by atoms with E-state index in [1.165, 1.54) is 26.8 Å². The third kappa shape index (κ3) is 4.12. The molecule has 0 aliphatic carbocycles. The number of quaternary nitrogens is 1. The predicted octanol–water partition coefficient (Wildman–Crippen LogP) is 3.11. The van der Waals surface area contributed by atoms with Gasteiger partial charge < -0.3 is 14.4 Å². The highest BCUT2D eigenvalue weighted by Gasteiger charge is 2.09. The fourth-order valence-electron chi connectivity index (χ4n) is 3.25. The second-order valence-electron chi connectivity index (χ2n) is 6.46. The Kier molecular flexibility index (Phi) is 5.56. The van der Waals surface area contributed by atoms with E-state index in [9.17, 15) is 0 Å². The van der Waals surface area contributed by atoms with Crippen molar-refractivity contribution < 1.29 is 14.4 Å². The first-order valence-corrected chi connectivity index (χ1v) is 8.70. The first kappa shape index (κ1) is 17.3. The van der Waals surface area contributed by atoms with Crippen LogP contribution in [0.5, 0.6) is 11.5 Å². The van der Waals surface area contributed by atoms with E-state index in [0.717, 1.165) is 31.0 Å². The molecular formula is C22H26NO2+. The minimum Gasteiger partial charge on any atom is -0.493 e. The summed E-state index contributed by atoms with van der Waals surface area (Å²) in [4.78, 5) is 1.49. The summed E-state index contributed by atoms with van der Waals surface area (Å²) in [7, 11) is 5.60. The molecule has 3 nitrogen and oxygen atoms in total. The molecule has 3 rings (SSSR count). The molecule has 0 bridgehead atoms. The van der Waals surface area contributed by atoms with Crippen LogP contribution >= 0.6 is 0 Å². The Bertz CT molecular complexity index is 839. The molecule has 0 amide bonds. The maximum absolute atomic E-state index is 5.40. The minimum absolute atomic E-state index is 0.780. The molecule has 0 heterocycles. The average Bonchev–Trinajstić information content (AvgIpc) is 2.66. The Morgan fingerprint density at radius 2 is 1.60 bits per heavy atom. The van der Waals surface area contributed by atoms with Crippen LogP contribution in [0.15, 0.2) is 60.7 Å². The summed E-state index contributed by atoms with van der Waals surface area (Å²) >= 11 is 0. The summed E-state index contributed by atoms with van der Waals surface area (Å²) in [5, 5.41) is 2.67. The topological polar surface area (TPSA) is 22.9 Å². The molecule has 0 saturated heterocycles. The van der Waals surface area contributed by atoms with Crippen LogP contribution in [0.25, 0.3) is 10.8 Å². The lowest BCUT2D eigenvalue weighted by Crippen LogP contribution is -3.07. The fourth-order valence-corrected chi connectivity index (χ4v) is 3.25. The zero-order valence-electron chi connectivity index (χ0n) is 15.2. The first-order chi connectivity index (χ1) is 12.2. The zero-order valence-corrected chi connectivity index (χ0v) is 15.2. The van der Waals surface area contributed by atoms with Gasteiger partial charge in [-0.05, 0) is 28.5 Å². The van der Waals surface area contributed by atoms with Crippen molar-refractivity contribution in [1.82, 2.24) is 0 Å². The summed E-state index contributed by atoms with van der Waals surface area (Å²) < 4.78 is 10.7. The summed E-state index contributed by atoms with van der Waals surface area (Å²) in [6.07, 6.45) is 1.01. The predicted molar refractivity (Wildman–Crippen MR) is 103 cm³/mol. The normalized spacial score (nSPS) is 12.1. The molecule has 3 heteroatoms. The molecular weight excluding hydrogens is 310 g/mol. The van der Waals surface area contributed by atoms with E-state index >= 15 is 0 Å². The number of fused-ring (bicyclic) bond motifs is 1. The SMILES string of the molecule is COc1ccc(CC[NH+](C)Cc2cccc3ccccc23)cc1OC. The molecule has 130 valence electrons. The number of methoxy groups -OCH3 is 2. The number of hydrogen-bond acceptors (Lipinski definition) is 2. The van der Waals surface area contributed by atoms with Crippen LogP contribution in [-0.4, -0.2) is 27.8 Å². The maximum Gasteiger partial charge on any atom is 0.160 e. The van der Waals surface area contributed by atoms with Gasteiger partial charge in [0.25, 0.3) is 0 Å². The number of hydrogen-bond donors (Lipinski definition) is 1. The Morgan fingerprint density at radius 1 is 0.840 bits per heavy atom. The highest BCUT2D eigenvalue weighted by Crippen LogP contribution is 2.27. The van der Waals surface area contributed by atoms with Gasteiger partial charge in [0.15, 0.2) is 11.5 Å². The molecule has 1 unspecified atom stereocenters. The van der Waals surface area contributed by atoms with Crippen molar-refractivity contribution in [1.29, 1.82) is 0 Å². The lowest BCUT2D eigenvalue weighted by Gasteiger charge is -2.16. The van der Waals surface area contributed by atoms with Gasteiger partial charge >= 0.3 is 0 Å². The van der Waals surface area contributed by atoms with Gasteiger partial charge in [-0.1, -0.05) is 48.5 Å². The lowest BCUT2D eigenvalue weighted by atomic mass is 10.0. The number of likely N-dealkylation sites (N-methyl/N-ethyl adjacent to an activating group) is 1. The molecule has 0 saturated carbocycles. The smallest absolute Gasteiger partial charge is 0.160 e. The van der Waals surface area contributed by atoms with Crippen molar-refractivity contribution in [2.45, 2.75) is 13.0 Å². The van der Waals surface area contributed by atoms with Gasteiger partial charge in [-0.25, -0.2) is 0 Å². The molecule has 0 aliphatic heterocycles. The van der Waals surface area contributed by atoms with Crippen LogP contribution in [0.3, 0.4) is 0 Å². The van der Waals surface area contributed by atoms with Crippen molar-refractivity contribution in [3.63, 3.8) is 0 Å². The van der Waals surface area contributed by atoms with E-state index in [4.69, 9.17) is 9.47 Å². The van der Waals surface area contributed by atoms with Crippen molar-refractivity contribution in [3.8, 4) is 11.5 Å². The molecule has 0 fully saturated rings. The van der Waals surface area contributed by atoms with E-state index in [0.29, 0.717) is 0 Å². The minimum atomic E-state index is 0.780. The maximum atomic E-state index is 5.40. The van der Waals surface area contributed by atoms with E-state index in [1.54, 1.807) is 14.2 Å². The van der Waals surface area contributed by atoms with E-state index in [1.807, 2.05) is 6.07 Å². The second-order valence-corrected chi connectivity index (χ2v) is 6.46. The Balaban J connectivity index is 1.66. The van der Waals surface area contributed by atoms with Gasteiger partial charge in [0.1, 0.15) is 6.54 Å². The number of nitrogens with one attached hydrogen (secondary N) is 1. The number of benzene rings is 3. The van der Waals surface area contributed by atoms with Crippen LogP contribution in [0.2, 0.25) is 0 Å². The van der Waals surface area contributed by atoms with Crippen LogP contribution in [-0.2, 0) is 13.0 Å². The Labute approximate surface area is 149 Å². The van der Waals surface area contributed by atoms with Gasteiger partial charge in [0, 0.05) is 12.0 Å². The van der Waals surface area contributed by atoms with Crippen molar-refractivity contribution >= 4 is 10.8 Å². The lowest BCUT2D eigenvalue weighted by molar-refractivity contribution is -0.893. The third-order valence-electron chi connectivity index (χ3n) is 4.66. The molecule has 0 spiro atoms. The average molecular weight is 336 g/mol. The van der Waals surface area contributed by atoms with Crippen LogP contribution in [0.4, 0.5) is 0 Å². The molecule has 1 atom stereocenters. The molecule has 3 aromatic rings. The summed E-state index contributed by atoms with van der Waals surface area (Å²) in [6.45, 7) is 2.09. The summed E-state index contributed by atoms with van der Waals surface area (Å²) in [5.41, 5.74) is 2.68. The van der Waals surface area contributed by atoms with Gasteiger partial charge in [0.2, 0.25) is 0 Å². The molecule has 0 aromatic heterocycles. The summed E-state index contributed by atoms with van der Waals surface area (Å²) in [5.74, 6) is 1.58. The molecule has 0 radical (unpaired) electrons. The molecule has 0 aliphatic rings. The van der Waals surface area contributed by atoms with Crippen molar-refractivity contribution in [2.75, 3.05) is 27.8 Å². The van der Waals surface area contributed by atoms with Gasteiger partial charge in [-0.15, -0.1) is 0 Å². The van der Waals surface area contributed by atoms with Gasteiger partial charge in [-0.2, -0.15) is 0 Å². The van der Waals surface area contributed by atoms with E-state index in [-0.39, 0.29) is 0 Å². The standard InChI is InChI=1S/C22H25NO2/c1-23(14-13-17-11-12-21(24-2)22(15-17)25-3)16-19-9-6-8-18-7-4-5-10-20(18)19/h4-12,15H,13-14,16H2,1-3H3/p+1. The van der Waals surface area contributed by atoms with E-state index in [2.05, 4.69) is 61.6 Å². The molecule has 25 heavy (non-hydrogen) atoms. The zero-order chi connectivity index (χ0) is 17.6. The Hall–Kier alpha value is -2.52. The highest BCUT2D eigenvalue weighted by atomic mass is 16.5. The Morgan fingerprint density at radius 3 is 2.40 bits per heavy atom. The number of ether oxygens (including phenoxy) is 2. The highest BCUT2D eigenvalue weighted by molar-refractivity contribution is 5.85. The largest absolute Gasteiger partial charge is 0.493 e. The van der Waals surface area contributed by atoms with Crippen LogP contribution in [0, 0.1) is 0 Å². The quantitative estimate of drug-likeness (QED) is 0.716. The third-order valence-corrected chi connectivity index (χ3v) is 4.66. The van der Waals surface area contributed by atoms with Crippen molar-refractivity contribution in [2.24, 2.45) is 0 Å².